The molecule has 0 aliphatic carbocycles. The zero-order chi connectivity index (χ0) is 14.8. The zero-order valence-electron chi connectivity index (χ0n) is 12.3. The van der Waals surface area contributed by atoms with Crippen LogP contribution in [-0.4, -0.2) is 16.5 Å². The van der Waals surface area contributed by atoms with Crippen LogP contribution in [0.25, 0.3) is 11.4 Å². The monoisotopic (exact) mass is 401 g/mol. The molecule has 20 heavy (non-hydrogen) atoms. The summed E-state index contributed by atoms with van der Waals surface area (Å²) in [5.41, 5.74) is 2.21. The molecular formula is C15H20IN3S. The highest BCUT2D eigenvalue weighted by Crippen LogP contribution is 2.32. The van der Waals surface area contributed by atoms with Gasteiger partial charge >= 0.3 is 0 Å². The largest absolute Gasteiger partial charge is 0.369 e. The van der Waals surface area contributed by atoms with Gasteiger partial charge in [-0.3, -0.25) is 0 Å². The molecule has 108 valence electrons. The fourth-order valence-electron chi connectivity index (χ4n) is 1.83. The maximum Gasteiger partial charge on any atom is 0.162 e. The summed E-state index contributed by atoms with van der Waals surface area (Å²) in [6.07, 6.45) is 1.08. The van der Waals surface area contributed by atoms with Gasteiger partial charge in [0.1, 0.15) is 5.82 Å². The number of rotatable bonds is 4. The molecule has 0 bridgehead atoms. The minimum atomic E-state index is 0.00682. The molecule has 5 heteroatoms. The molecule has 2 aromatic heterocycles. The molecule has 3 nitrogen and oxygen atoms in total. The van der Waals surface area contributed by atoms with Gasteiger partial charge in [0.15, 0.2) is 5.82 Å². The van der Waals surface area contributed by atoms with Gasteiger partial charge in [-0.2, -0.15) is 11.3 Å². The van der Waals surface area contributed by atoms with E-state index in [1.807, 2.05) is 0 Å². The third kappa shape index (κ3) is 3.49. The van der Waals surface area contributed by atoms with Gasteiger partial charge < -0.3 is 5.32 Å². The Labute approximate surface area is 138 Å². The van der Waals surface area contributed by atoms with E-state index in [-0.39, 0.29) is 5.41 Å². The summed E-state index contributed by atoms with van der Waals surface area (Å²) < 4.78 is 1.13. The molecule has 0 saturated carbocycles. The molecule has 0 radical (unpaired) electrons. The first-order chi connectivity index (χ1) is 9.43. The topological polar surface area (TPSA) is 37.8 Å². The lowest BCUT2D eigenvalue weighted by Gasteiger charge is -2.22. The lowest BCUT2D eigenvalue weighted by atomic mass is 9.92. The molecule has 0 fully saturated rings. The highest BCUT2D eigenvalue weighted by Gasteiger charge is 2.23. The Bertz CT molecular complexity index is 574. The fourth-order valence-corrected chi connectivity index (χ4v) is 3.70. The molecule has 2 heterocycles. The fraction of sp³-hybridized carbons (Fsp3) is 0.467. The van der Waals surface area contributed by atoms with E-state index < -0.39 is 0 Å². The number of halogens is 1. The number of aromatic nitrogens is 2. The van der Waals surface area contributed by atoms with E-state index in [9.17, 15) is 0 Å². The third-order valence-corrected chi connectivity index (χ3v) is 4.59. The van der Waals surface area contributed by atoms with Crippen LogP contribution < -0.4 is 5.32 Å². The highest BCUT2D eigenvalue weighted by atomic mass is 127. The summed E-state index contributed by atoms with van der Waals surface area (Å²) in [6.45, 7) is 9.67. The minimum Gasteiger partial charge on any atom is -0.369 e. The predicted octanol–water partition coefficient (Wildman–Crippen LogP) is 4.93. The quantitative estimate of drug-likeness (QED) is 0.739. The summed E-state index contributed by atoms with van der Waals surface area (Å²) in [4.78, 5) is 9.51. The Balaban J connectivity index is 2.54. The van der Waals surface area contributed by atoms with Crippen LogP contribution in [0.3, 0.4) is 0 Å². The normalized spacial score (nSPS) is 11.7. The summed E-state index contributed by atoms with van der Waals surface area (Å²) >= 11 is 4.03. The van der Waals surface area contributed by atoms with E-state index in [0.717, 1.165) is 39.4 Å². The molecular weight excluding hydrogens is 381 g/mol. The number of hydrogen-bond donors (Lipinski definition) is 1. The van der Waals surface area contributed by atoms with Gasteiger partial charge in [-0.1, -0.05) is 27.7 Å². The second-order valence-electron chi connectivity index (χ2n) is 5.75. The van der Waals surface area contributed by atoms with Crippen molar-refractivity contribution in [2.45, 2.75) is 39.5 Å². The van der Waals surface area contributed by atoms with Crippen molar-refractivity contribution in [2.75, 3.05) is 11.9 Å². The maximum absolute atomic E-state index is 4.80. The molecule has 0 aromatic carbocycles. The van der Waals surface area contributed by atoms with E-state index in [0.29, 0.717) is 0 Å². The van der Waals surface area contributed by atoms with E-state index >= 15 is 0 Å². The van der Waals surface area contributed by atoms with Gasteiger partial charge in [0.05, 0.1) is 9.26 Å². The van der Waals surface area contributed by atoms with Crippen LogP contribution in [0.5, 0.6) is 0 Å². The lowest BCUT2D eigenvalue weighted by Crippen LogP contribution is -2.19. The van der Waals surface area contributed by atoms with Crippen molar-refractivity contribution < 1.29 is 0 Å². The number of thiophene rings is 1. The van der Waals surface area contributed by atoms with E-state index in [1.165, 1.54) is 0 Å². The predicted molar refractivity (Wildman–Crippen MR) is 95.5 cm³/mol. The maximum atomic E-state index is 4.80. The van der Waals surface area contributed by atoms with Crippen LogP contribution in [0.2, 0.25) is 0 Å². The Kier molecular flexibility index (Phi) is 5.01. The van der Waals surface area contributed by atoms with Crippen molar-refractivity contribution in [2.24, 2.45) is 0 Å². The summed E-state index contributed by atoms with van der Waals surface area (Å²) in [7, 11) is 0. The van der Waals surface area contributed by atoms with Gasteiger partial charge in [-0.15, -0.1) is 0 Å². The summed E-state index contributed by atoms with van der Waals surface area (Å²) in [5.74, 6) is 1.77. The van der Waals surface area contributed by atoms with Gasteiger partial charge in [-0.25, -0.2) is 9.97 Å². The van der Waals surface area contributed by atoms with Crippen LogP contribution in [0.15, 0.2) is 16.8 Å². The Morgan fingerprint density at radius 2 is 2.05 bits per heavy atom. The van der Waals surface area contributed by atoms with Gasteiger partial charge in [0, 0.05) is 22.9 Å². The van der Waals surface area contributed by atoms with Crippen LogP contribution in [-0.2, 0) is 5.41 Å². The molecule has 0 unspecified atom stereocenters. The van der Waals surface area contributed by atoms with Crippen LogP contribution in [0.1, 0.15) is 39.8 Å². The first-order valence-electron chi connectivity index (χ1n) is 6.78. The van der Waals surface area contributed by atoms with E-state index in [2.05, 4.69) is 72.4 Å². The van der Waals surface area contributed by atoms with Crippen molar-refractivity contribution in [3.05, 3.63) is 26.1 Å². The highest BCUT2D eigenvalue weighted by molar-refractivity contribution is 14.1. The standard InChI is InChI=1S/C15H20IN3S/c1-5-7-17-14-11(16)12(15(2,3)4)18-13(19-14)10-6-8-20-9-10/h6,8-9H,5,7H2,1-4H3,(H,17,18,19). The number of nitrogens with one attached hydrogen (secondary N) is 1. The van der Waals surface area contributed by atoms with Gasteiger partial charge in [0.25, 0.3) is 0 Å². The van der Waals surface area contributed by atoms with Gasteiger partial charge in [-0.05, 0) is 40.5 Å². The smallest absolute Gasteiger partial charge is 0.162 e. The van der Waals surface area contributed by atoms with Crippen molar-refractivity contribution in [1.29, 1.82) is 0 Å². The molecule has 0 amide bonds. The molecule has 0 aliphatic rings. The lowest BCUT2D eigenvalue weighted by molar-refractivity contribution is 0.564. The Morgan fingerprint density at radius 1 is 1.30 bits per heavy atom. The molecule has 0 aliphatic heterocycles. The molecule has 2 aromatic rings. The van der Waals surface area contributed by atoms with E-state index in [1.54, 1.807) is 11.3 Å². The van der Waals surface area contributed by atoms with Crippen molar-refractivity contribution >= 4 is 39.7 Å². The average Bonchev–Trinajstić information content (AvgIpc) is 2.90. The van der Waals surface area contributed by atoms with E-state index in [4.69, 9.17) is 9.97 Å². The second-order valence-corrected chi connectivity index (χ2v) is 7.61. The molecule has 0 saturated heterocycles. The van der Waals surface area contributed by atoms with Gasteiger partial charge in [0.2, 0.25) is 0 Å². The Hall–Kier alpha value is -0.690. The van der Waals surface area contributed by atoms with Crippen LogP contribution in [0, 0.1) is 3.57 Å². The second kappa shape index (κ2) is 6.39. The Morgan fingerprint density at radius 3 is 2.60 bits per heavy atom. The van der Waals surface area contributed by atoms with Crippen LogP contribution in [0.4, 0.5) is 5.82 Å². The van der Waals surface area contributed by atoms with Crippen molar-refractivity contribution in [3.8, 4) is 11.4 Å². The average molecular weight is 401 g/mol. The molecule has 1 N–H and O–H groups in total. The molecule has 2 rings (SSSR count). The number of nitrogens with zero attached hydrogens (tertiary/aromatic N) is 2. The third-order valence-electron chi connectivity index (χ3n) is 2.88. The first-order valence-corrected chi connectivity index (χ1v) is 8.80. The van der Waals surface area contributed by atoms with Crippen molar-refractivity contribution in [1.82, 2.24) is 9.97 Å². The minimum absolute atomic E-state index is 0.00682. The molecule has 0 spiro atoms. The summed E-state index contributed by atoms with van der Waals surface area (Å²) in [5, 5.41) is 7.58. The molecule has 0 atom stereocenters. The summed E-state index contributed by atoms with van der Waals surface area (Å²) in [6, 6.07) is 2.07. The zero-order valence-corrected chi connectivity index (χ0v) is 15.3. The number of anilines is 1. The first kappa shape index (κ1) is 15.7. The SMILES string of the molecule is CCCNc1nc(-c2ccsc2)nc(C(C)(C)C)c1I. The van der Waals surface area contributed by atoms with Crippen molar-refractivity contribution in [3.63, 3.8) is 0 Å². The number of hydrogen-bond acceptors (Lipinski definition) is 4. The van der Waals surface area contributed by atoms with Crippen LogP contribution >= 0.6 is 33.9 Å².